The molecule has 160 valence electrons. The van der Waals surface area contributed by atoms with Gasteiger partial charge in [0.2, 0.25) is 0 Å². The quantitative estimate of drug-likeness (QED) is 0.251. The second kappa shape index (κ2) is 8.27. The highest BCUT2D eigenvalue weighted by Crippen LogP contribution is 2.42. The van der Waals surface area contributed by atoms with Crippen LogP contribution in [0.4, 0.5) is 5.69 Å². The molecule has 0 amide bonds. The van der Waals surface area contributed by atoms with Gasteiger partial charge >= 0.3 is 0 Å². The van der Waals surface area contributed by atoms with Crippen LogP contribution in [-0.2, 0) is 6.54 Å². The minimum absolute atomic E-state index is 0.0119. The summed E-state index contributed by atoms with van der Waals surface area (Å²) in [7, 11) is 0. The molecule has 4 heterocycles. The summed E-state index contributed by atoms with van der Waals surface area (Å²) < 4.78 is 11.7. The number of pyridine rings is 1. The number of nitrogens with one attached hydrogen (secondary N) is 1. The SMILES string of the molecule is O=[N+]([O-])c1ccccc1-c1ccc(C2C(c3ccccn3)NC(=S)N2Cc2ccco2)o1. The summed E-state index contributed by atoms with van der Waals surface area (Å²) in [5.41, 5.74) is 1.22. The molecule has 1 aliphatic heterocycles. The fourth-order valence-corrected chi connectivity index (χ4v) is 4.26. The molecule has 2 atom stereocenters. The Hall–Kier alpha value is -3.98. The number of nitro groups is 1. The summed E-state index contributed by atoms with van der Waals surface area (Å²) in [5.74, 6) is 1.79. The number of para-hydroxylation sites is 1. The lowest BCUT2D eigenvalue weighted by molar-refractivity contribution is -0.384. The number of hydrogen-bond donors (Lipinski definition) is 1. The smallest absolute Gasteiger partial charge is 0.280 e. The first-order chi connectivity index (χ1) is 15.6. The Bertz CT molecular complexity index is 1260. The summed E-state index contributed by atoms with van der Waals surface area (Å²) >= 11 is 5.64. The van der Waals surface area contributed by atoms with Gasteiger partial charge in [-0.1, -0.05) is 18.2 Å². The zero-order valence-corrected chi connectivity index (χ0v) is 17.6. The number of aromatic nitrogens is 1. The average Bonchev–Trinajstić information content (AvgIpc) is 3.56. The van der Waals surface area contributed by atoms with E-state index in [1.807, 2.05) is 41.3 Å². The van der Waals surface area contributed by atoms with Crippen molar-refractivity contribution in [3.8, 4) is 11.3 Å². The van der Waals surface area contributed by atoms with Crippen LogP contribution in [-0.4, -0.2) is 19.9 Å². The van der Waals surface area contributed by atoms with Gasteiger partial charge in [-0.3, -0.25) is 15.1 Å². The van der Waals surface area contributed by atoms with Crippen molar-refractivity contribution in [3.05, 3.63) is 107 Å². The van der Waals surface area contributed by atoms with E-state index in [1.165, 1.54) is 6.07 Å². The van der Waals surface area contributed by atoms with Crippen LogP contribution in [0.5, 0.6) is 0 Å². The van der Waals surface area contributed by atoms with Crippen molar-refractivity contribution in [2.75, 3.05) is 0 Å². The first-order valence-corrected chi connectivity index (χ1v) is 10.4. The molecule has 1 N–H and O–H groups in total. The van der Waals surface area contributed by atoms with Gasteiger partial charge in [0, 0.05) is 12.3 Å². The van der Waals surface area contributed by atoms with E-state index in [0.717, 1.165) is 11.5 Å². The molecule has 2 unspecified atom stereocenters. The summed E-state index contributed by atoms with van der Waals surface area (Å²) in [6.07, 6.45) is 3.35. The maximum atomic E-state index is 11.5. The number of furan rings is 2. The van der Waals surface area contributed by atoms with E-state index in [4.69, 9.17) is 21.1 Å². The number of hydrogen-bond acceptors (Lipinski definition) is 6. The molecular formula is C23H18N4O4S. The van der Waals surface area contributed by atoms with E-state index in [-0.39, 0.29) is 17.8 Å². The molecule has 1 fully saturated rings. The van der Waals surface area contributed by atoms with E-state index in [2.05, 4.69) is 10.3 Å². The Morgan fingerprint density at radius 3 is 2.69 bits per heavy atom. The third-order valence-corrected chi connectivity index (χ3v) is 5.74. The van der Waals surface area contributed by atoms with Crippen LogP contribution < -0.4 is 5.32 Å². The van der Waals surface area contributed by atoms with Gasteiger partial charge in [0.1, 0.15) is 23.3 Å². The van der Waals surface area contributed by atoms with E-state index in [9.17, 15) is 10.1 Å². The van der Waals surface area contributed by atoms with Gasteiger partial charge in [0.05, 0.1) is 35.0 Å². The minimum Gasteiger partial charge on any atom is -0.467 e. The molecule has 0 aliphatic carbocycles. The highest BCUT2D eigenvalue weighted by molar-refractivity contribution is 7.80. The van der Waals surface area contributed by atoms with Crippen LogP contribution in [0.25, 0.3) is 11.3 Å². The molecule has 1 aliphatic rings. The maximum Gasteiger partial charge on any atom is 0.280 e. The molecule has 4 aromatic rings. The molecular weight excluding hydrogens is 428 g/mol. The fraction of sp³-hybridized carbons (Fsp3) is 0.130. The van der Waals surface area contributed by atoms with Crippen molar-refractivity contribution in [2.45, 2.75) is 18.6 Å². The fourth-order valence-electron chi connectivity index (χ4n) is 3.95. The zero-order chi connectivity index (χ0) is 22.1. The minimum atomic E-state index is -0.413. The van der Waals surface area contributed by atoms with E-state index < -0.39 is 4.92 Å². The van der Waals surface area contributed by atoms with Crippen molar-refractivity contribution in [3.63, 3.8) is 0 Å². The standard InChI is InChI=1S/C23H18N4O4S/c28-27(29)18-9-2-1-7-16(18)19-10-11-20(31-19)22-21(17-8-3-4-12-24-17)25-23(32)26(22)14-15-6-5-13-30-15/h1-13,21-22H,14H2,(H,25,32). The van der Waals surface area contributed by atoms with Crippen molar-refractivity contribution in [1.82, 2.24) is 15.2 Å². The highest BCUT2D eigenvalue weighted by atomic mass is 32.1. The molecule has 1 saturated heterocycles. The Morgan fingerprint density at radius 2 is 1.94 bits per heavy atom. The summed E-state index contributed by atoms with van der Waals surface area (Å²) in [6, 6.07) is 18.9. The molecule has 0 radical (unpaired) electrons. The zero-order valence-electron chi connectivity index (χ0n) is 16.8. The Kier molecular flexibility index (Phi) is 5.16. The Balaban J connectivity index is 1.56. The Morgan fingerprint density at radius 1 is 1.09 bits per heavy atom. The highest BCUT2D eigenvalue weighted by Gasteiger charge is 2.42. The number of rotatable bonds is 6. The third-order valence-electron chi connectivity index (χ3n) is 5.39. The number of benzene rings is 1. The van der Waals surface area contributed by atoms with Gasteiger partial charge in [-0.2, -0.15) is 0 Å². The van der Waals surface area contributed by atoms with Crippen molar-refractivity contribution >= 4 is 23.0 Å². The first-order valence-electron chi connectivity index (χ1n) is 9.96. The van der Waals surface area contributed by atoms with Crippen molar-refractivity contribution in [1.29, 1.82) is 0 Å². The van der Waals surface area contributed by atoms with Crippen molar-refractivity contribution in [2.24, 2.45) is 0 Å². The summed E-state index contributed by atoms with van der Waals surface area (Å²) in [4.78, 5) is 17.5. The lowest BCUT2D eigenvalue weighted by Crippen LogP contribution is -2.28. The van der Waals surface area contributed by atoms with Gasteiger partial charge in [0.25, 0.3) is 5.69 Å². The molecule has 1 aromatic carbocycles. The van der Waals surface area contributed by atoms with Gasteiger partial charge < -0.3 is 19.1 Å². The van der Waals surface area contributed by atoms with Gasteiger partial charge in [0.15, 0.2) is 5.11 Å². The summed E-state index contributed by atoms with van der Waals surface area (Å²) in [5, 5.41) is 15.4. The largest absolute Gasteiger partial charge is 0.467 e. The first kappa shape index (κ1) is 20.0. The van der Waals surface area contributed by atoms with Crippen LogP contribution >= 0.6 is 12.2 Å². The van der Waals surface area contributed by atoms with Gasteiger partial charge in [-0.05, 0) is 54.7 Å². The topological polar surface area (TPSA) is 97.6 Å². The van der Waals surface area contributed by atoms with Crippen LogP contribution in [0.3, 0.4) is 0 Å². The number of nitro benzene ring substituents is 1. The normalized spacial score (nSPS) is 18.0. The molecule has 32 heavy (non-hydrogen) atoms. The molecule has 0 bridgehead atoms. The van der Waals surface area contributed by atoms with Crippen LogP contribution in [0.1, 0.15) is 29.3 Å². The van der Waals surface area contributed by atoms with Gasteiger partial charge in [-0.25, -0.2) is 0 Å². The molecule has 3 aromatic heterocycles. The molecule has 0 saturated carbocycles. The van der Waals surface area contributed by atoms with Crippen LogP contribution in [0.2, 0.25) is 0 Å². The monoisotopic (exact) mass is 446 g/mol. The second-order valence-electron chi connectivity index (χ2n) is 7.31. The van der Waals surface area contributed by atoms with E-state index in [0.29, 0.717) is 28.7 Å². The predicted molar refractivity (Wildman–Crippen MR) is 121 cm³/mol. The van der Waals surface area contributed by atoms with Crippen LogP contribution in [0.15, 0.2) is 88.0 Å². The van der Waals surface area contributed by atoms with Gasteiger partial charge in [-0.15, -0.1) is 0 Å². The molecule has 0 spiro atoms. The Labute approximate surface area is 188 Å². The lowest BCUT2D eigenvalue weighted by atomic mass is 10.0. The molecule has 8 nitrogen and oxygen atoms in total. The average molecular weight is 446 g/mol. The number of thiocarbonyl (C=S) groups is 1. The van der Waals surface area contributed by atoms with Crippen molar-refractivity contribution < 1.29 is 13.8 Å². The predicted octanol–water partition coefficient (Wildman–Crippen LogP) is 5.02. The molecule has 9 heteroatoms. The lowest BCUT2D eigenvalue weighted by Gasteiger charge is -2.25. The van der Waals surface area contributed by atoms with E-state index in [1.54, 1.807) is 36.7 Å². The third kappa shape index (κ3) is 3.63. The number of nitrogens with zero attached hydrogens (tertiary/aromatic N) is 3. The van der Waals surface area contributed by atoms with Crippen LogP contribution in [0, 0.1) is 10.1 Å². The second-order valence-corrected chi connectivity index (χ2v) is 7.70. The summed E-state index contributed by atoms with van der Waals surface area (Å²) in [6.45, 7) is 0.439. The van der Waals surface area contributed by atoms with E-state index >= 15 is 0 Å². The molecule has 5 rings (SSSR count). The maximum absolute atomic E-state index is 11.5.